The van der Waals surface area contributed by atoms with Crippen LogP contribution in [0.2, 0.25) is 0 Å². The van der Waals surface area contributed by atoms with E-state index in [0.717, 1.165) is 27.9 Å². The molecule has 0 bridgehead atoms. The van der Waals surface area contributed by atoms with E-state index in [1.165, 1.54) is 42.7 Å². The molecule has 0 saturated heterocycles. The van der Waals surface area contributed by atoms with Gasteiger partial charge in [-0.25, -0.2) is 0 Å². The van der Waals surface area contributed by atoms with E-state index >= 15 is 0 Å². The third-order valence-electron chi connectivity index (χ3n) is 10.7. The van der Waals surface area contributed by atoms with Crippen molar-refractivity contribution in [3.05, 3.63) is 102 Å². The van der Waals surface area contributed by atoms with Crippen LogP contribution in [0.25, 0.3) is 10.9 Å². The van der Waals surface area contributed by atoms with Gasteiger partial charge in [-0.2, -0.15) is 31.9 Å². The van der Waals surface area contributed by atoms with Crippen LogP contribution < -0.4 is 32.3 Å². The Bertz CT molecular complexity index is 2530. The van der Waals surface area contributed by atoms with Gasteiger partial charge in [0.2, 0.25) is 41.4 Å². The average Bonchev–Trinajstić information content (AvgIpc) is 3.71. The van der Waals surface area contributed by atoms with Gasteiger partial charge in [0.1, 0.15) is 30.2 Å². The van der Waals surface area contributed by atoms with Gasteiger partial charge in [0.15, 0.2) is 0 Å². The fourth-order valence-corrected chi connectivity index (χ4v) is 8.49. The van der Waals surface area contributed by atoms with Crippen molar-refractivity contribution in [1.29, 1.82) is 0 Å². The molecular weight excluding hydrogens is 941 g/mol. The molecule has 68 heavy (non-hydrogen) atoms. The number of amides is 7. The van der Waals surface area contributed by atoms with Crippen LogP contribution in [-0.4, -0.2) is 143 Å². The lowest BCUT2D eigenvalue weighted by atomic mass is 10.0. The smallest absolute Gasteiger partial charge is 0.305 e. The zero-order chi connectivity index (χ0) is 50.0. The molecule has 5 atom stereocenters. The fraction of sp³-hybridized carbons (Fsp3) is 0.378. The van der Waals surface area contributed by atoms with Crippen LogP contribution in [0.15, 0.2) is 90.0 Å². The van der Waals surface area contributed by atoms with Crippen molar-refractivity contribution in [2.75, 3.05) is 37.6 Å². The predicted octanol–water partition coefficient (Wildman–Crippen LogP) is 0.791. The number of aromatic amines is 1. The van der Waals surface area contributed by atoms with Crippen LogP contribution in [0.3, 0.4) is 0 Å². The maximum Gasteiger partial charge on any atom is 0.305 e. The van der Waals surface area contributed by atoms with Crippen molar-refractivity contribution < 1.29 is 56.4 Å². The number of thioether (sulfide) groups is 2. The van der Waals surface area contributed by atoms with E-state index in [0.29, 0.717) is 28.2 Å². The second-order valence-electron chi connectivity index (χ2n) is 15.7. The molecule has 1 heterocycles. The molecule has 0 aliphatic rings. The molecule has 1 aromatic heterocycles. The Morgan fingerprint density at radius 3 is 1.88 bits per heavy atom. The number of benzene rings is 3. The zero-order valence-corrected chi connectivity index (χ0v) is 40.0. The first-order chi connectivity index (χ1) is 32.3. The summed E-state index contributed by atoms with van der Waals surface area (Å²) in [5.74, 6) is -6.22. The maximum atomic E-state index is 14.2. The number of carbonyl (C=O) groups is 8. The van der Waals surface area contributed by atoms with Crippen LogP contribution in [0, 0.1) is 0 Å². The van der Waals surface area contributed by atoms with Gasteiger partial charge >= 0.3 is 5.97 Å². The first kappa shape index (κ1) is 54.2. The number of carboxylic acid groups (broad SMARTS) is 1. The minimum absolute atomic E-state index is 0.0160. The highest BCUT2D eigenvalue weighted by Gasteiger charge is 2.35. The predicted molar refractivity (Wildman–Crippen MR) is 257 cm³/mol. The van der Waals surface area contributed by atoms with Crippen LogP contribution in [-0.2, 0) is 67.7 Å². The van der Waals surface area contributed by atoms with Gasteiger partial charge in [0.25, 0.3) is 10.1 Å². The minimum atomic E-state index is -4.44. The number of aromatic nitrogens is 1. The van der Waals surface area contributed by atoms with E-state index in [1.54, 1.807) is 55.1 Å². The van der Waals surface area contributed by atoms with Gasteiger partial charge in [0, 0.05) is 37.0 Å². The minimum Gasteiger partial charge on any atom is -0.481 e. The van der Waals surface area contributed by atoms with Crippen molar-refractivity contribution in [3.63, 3.8) is 0 Å². The molecule has 23 heteroatoms. The lowest BCUT2D eigenvalue weighted by molar-refractivity contribution is -0.145. The van der Waals surface area contributed by atoms with E-state index in [1.807, 2.05) is 18.2 Å². The molecule has 366 valence electrons. The summed E-state index contributed by atoms with van der Waals surface area (Å²) < 4.78 is 32.0. The third kappa shape index (κ3) is 16.7. The Morgan fingerprint density at radius 2 is 1.28 bits per heavy atom. The molecule has 0 saturated carbocycles. The maximum absolute atomic E-state index is 14.2. The molecule has 4 aromatic rings. The highest BCUT2D eigenvalue weighted by atomic mass is 32.2. The Kier molecular flexibility index (Phi) is 20.9. The third-order valence-corrected chi connectivity index (χ3v) is 12.8. The molecule has 0 aliphatic carbocycles. The molecule has 0 unspecified atom stereocenters. The van der Waals surface area contributed by atoms with Gasteiger partial charge in [-0.1, -0.05) is 60.7 Å². The van der Waals surface area contributed by atoms with Gasteiger partial charge < -0.3 is 47.3 Å². The highest BCUT2D eigenvalue weighted by molar-refractivity contribution is 7.98. The molecular formula is C45H56N8O12S3. The summed E-state index contributed by atoms with van der Waals surface area (Å²) in [7, 11) is -3.17. The summed E-state index contributed by atoms with van der Waals surface area (Å²) >= 11 is 2.76. The number of fused-ring (bicyclic) bond motifs is 1. The molecule has 0 aliphatic heterocycles. The molecule has 20 nitrogen and oxygen atoms in total. The Morgan fingerprint density at radius 1 is 0.706 bits per heavy atom. The average molecular weight is 997 g/mol. The molecule has 7 amide bonds. The molecule has 3 aromatic carbocycles. The summed E-state index contributed by atoms with van der Waals surface area (Å²) in [5.41, 5.74) is 8.11. The zero-order valence-electron chi connectivity index (χ0n) is 37.6. The van der Waals surface area contributed by atoms with Crippen molar-refractivity contribution in [2.45, 2.75) is 73.6 Å². The summed E-state index contributed by atoms with van der Waals surface area (Å²) in [4.78, 5) is 110. The number of carbonyl (C=O) groups excluding carboxylic acids is 7. The van der Waals surface area contributed by atoms with Gasteiger partial charge in [-0.05, 0) is 71.7 Å². The summed E-state index contributed by atoms with van der Waals surface area (Å²) in [6.07, 6.45) is 4.25. The normalized spacial score (nSPS) is 13.5. The highest BCUT2D eigenvalue weighted by Crippen LogP contribution is 2.20. The van der Waals surface area contributed by atoms with Crippen molar-refractivity contribution in [3.8, 4) is 0 Å². The quantitative estimate of drug-likeness (QED) is 0.0374. The van der Waals surface area contributed by atoms with Gasteiger partial charge in [-0.3, -0.25) is 42.9 Å². The van der Waals surface area contributed by atoms with Crippen molar-refractivity contribution in [1.82, 2.24) is 36.5 Å². The number of hydrogen-bond donors (Lipinski definition) is 9. The molecule has 0 spiro atoms. The monoisotopic (exact) mass is 996 g/mol. The number of hydrogen-bond acceptors (Lipinski definition) is 12. The van der Waals surface area contributed by atoms with Gasteiger partial charge in [0.05, 0.1) is 24.3 Å². The molecule has 0 fully saturated rings. The first-order valence-electron chi connectivity index (χ1n) is 21.2. The molecule has 10 N–H and O–H groups in total. The van der Waals surface area contributed by atoms with E-state index in [9.17, 15) is 56.4 Å². The lowest BCUT2D eigenvalue weighted by Gasteiger charge is -2.30. The van der Waals surface area contributed by atoms with E-state index in [2.05, 4.69) is 31.6 Å². The van der Waals surface area contributed by atoms with E-state index in [-0.39, 0.29) is 37.0 Å². The summed E-state index contributed by atoms with van der Waals surface area (Å²) in [6, 6.07) is 14.2. The number of likely N-dealkylation sites (N-methyl/N-ethyl adjacent to an activating group) is 1. The number of H-pyrrole nitrogens is 1. The second kappa shape index (κ2) is 26.2. The first-order valence-corrected chi connectivity index (χ1v) is 25.4. The summed E-state index contributed by atoms with van der Waals surface area (Å²) in [6.45, 7) is -0.626. The Balaban J connectivity index is 1.51. The van der Waals surface area contributed by atoms with E-state index < -0.39 is 101 Å². The van der Waals surface area contributed by atoms with Crippen molar-refractivity contribution >= 4 is 91.9 Å². The molecule has 4 rings (SSSR count). The number of para-hydroxylation sites is 1. The van der Waals surface area contributed by atoms with Crippen LogP contribution in [0.4, 0.5) is 0 Å². The van der Waals surface area contributed by atoms with Crippen LogP contribution >= 0.6 is 23.5 Å². The topological polar surface area (TPSA) is 316 Å². The number of aliphatic carboxylic acids is 1. The number of carboxylic acids is 1. The van der Waals surface area contributed by atoms with Crippen LogP contribution in [0.1, 0.15) is 36.0 Å². The van der Waals surface area contributed by atoms with Crippen molar-refractivity contribution in [2.24, 2.45) is 5.73 Å². The largest absolute Gasteiger partial charge is 0.481 e. The number of nitrogens with one attached hydrogen (secondary N) is 6. The SMILES string of the molecule is CSCC[C@H](NC(=O)Cc1ccc(S(=O)(=O)O)cc1)C(=O)NCC(=O)N[C@@H](Cc1c[nH]c2ccccc12)C(=O)N[C@@H](CCSC)C(=O)N[C@@H](CC(=O)O)C(=O)N(C)[C@@H](Cc1ccccc1)C(N)=O. The number of rotatable bonds is 27. The lowest BCUT2D eigenvalue weighted by Crippen LogP contribution is -2.59. The van der Waals surface area contributed by atoms with E-state index in [4.69, 9.17) is 5.73 Å². The number of nitrogens with zero attached hydrogens (tertiary/aromatic N) is 1. The number of primary amides is 1. The Hall–Kier alpha value is -6.43. The summed E-state index contributed by atoms with van der Waals surface area (Å²) in [5, 5.41) is 23.4. The second-order valence-corrected chi connectivity index (χ2v) is 19.1. The van der Waals surface area contributed by atoms with Gasteiger partial charge in [-0.15, -0.1) is 0 Å². The standard InChI is InChI=1S/C45H56N8O12S3/c1-53(37(41(46)58)21-27-9-5-4-6-10-27)45(62)36(24-40(56)57)52-43(60)34(18-20-67-3)51-44(61)35(23-29-25-47-32-12-8-7-11-31(29)32)50-39(55)26-48-42(59)33(17-19-66-2)49-38(54)22-28-13-15-30(16-14-28)68(63,64)65/h4-16,25,33-37,47H,17-24,26H2,1-3H3,(H2,46,58)(H,48,59)(H,49,54)(H,50,55)(H,51,61)(H,52,60)(H,56,57)(H,63,64,65)/t33-,34-,35-,36-,37-/m0/s1. The Labute approximate surface area is 401 Å². The number of nitrogens with two attached hydrogens (primary N) is 1. The fourth-order valence-electron chi connectivity index (χ4n) is 7.07. The van der Waals surface area contributed by atoms with Crippen LogP contribution in [0.5, 0.6) is 0 Å². The molecule has 0 radical (unpaired) electrons.